The number of carbonyl (C=O) groups excluding carboxylic acids is 2. The van der Waals surface area contributed by atoms with Gasteiger partial charge in [-0.05, 0) is 43.2 Å². The number of nitrogens with one attached hydrogen (secondary N) is 2. The van der Waals surface area contributed by atoms with Gasteiger partial charge in [-0.2, -0.15) is 0 Å². The van der Waals surface area contributed by atoms with Crippen molar-refractivity contribution in [1.29, 1.82) is 0 Å². The number of carbonyl (C=O) groups is 2. The van der Waals surface area contributed by atoms with Gasteiger partial charge in [0.25, 0.3) is 0 Å². The molecule has 1 heterocycles. The van der Waals surface area contributed by atoms with Crippen LogP contribution in [0.4, 0.5) is 16.3 Å². The first kappa shape index (κ1) is 23.1. The van der Waals surface area contributed by atoms with Gasteiger partial charge in [0.1, 0.15) is 5.82 Å². The van der Waals surface area contributed by atoms with Crippen molar-refractivity contribution in [3.8, 4) is 11.1 Å². The van der Waals surface area contributed by atoms with E-state index in [9.17, 15) is 9.59 Å². The van der Waals surface area contributed by atoms with Gasteiger partial charge in [0.2, 0.25) is 0 Å². The third kappa shape index (κ3) is 6.00. The van der Waals surface area contributed by atoms with Crippen LogP contribution in [0.5, 0.6) is 0 Å². The highest BCUT2D eigenvalue weighted by molar-refractivity contribution is 5.99. The normalized spacial score (nSPS) is 11.8. The summed E-state index contributed by atoms with van der Waals surface area (Å²) >= 11 is 0. The van der Waals surface area contributed by atoms with Gasteiger partial charge in [-0.25, -0.2) is 9.78 Å². The number of nitrogens with zero attached hydrogens (tertiary/aromatic N) is 1. The Morgan fingerprint density at radius 2 is 1.62 bits per heavy atom. The van der Waals surface area contributed by atoms with E-state index in [1.165, 1.54) is 0 Å². The Bertz CT molecular complexity index is 1090. The summed E-state index contributed by atoms with van der Waals surface area (Å²) in [6, 6.07) is 16.0. The fourth-order valence-corrected chi connectivity index (χ4v) is 3.23. The number of aliphatic hydroxyl groups excluding tert-OH is 1. The van der Waals surface area contributed by atoms with Crippen LogP contribution in [-0.4, -0.2) is 33.3 Å². The zero-order valence-corrected chi connectivity index (χ0v) is 18.3. The van der Waals surface area contributed by atoms with Crippen molar-refractivity contribution >= 4 is 23.3 Å². The van der Waals surface area contributed by atoms with Crippen LogP contribution in [-0.2, 0) is 0 Å². The Labute approximate surface area is 187 Å². The van der Waals surface area contributed by atoms with Crippen LogP contribution in [0.3, 0.4) is 0 Å². The lowest BCUT2D eigenvalue weighted by molar-refractivity contribution is -0.0780. The van der Waals surface area contributed by atoms with Gasteiger partial charge in [-0.15, -0.1) is 0 Å². The monoisotopic (exact) mass is 433 g/mol. The van der Waals surface area contributed by atoms with Crippen LogP contribution in [0.1, 0.15) is 34.8 Å². The second-order valence-corrected chi connectivity index (χ2v) is 7.93. The molecule has 3 aromatic rings. The number of hydrogen-bond acceptors (Lipinski definition) is 5. The molecular weight excluding hydrogens is 406 g/mol. The minimum atomic E-state index is -1.51. The van der Waals surface area contributed by atoms with Crippen molar-refractivity contribution in [1.82, 2.24) is 4.98 Å². The number of aromatic nitrogens is 1. The molecule has 0 aliphatic heterocycles. The molecule has 0 aliphatic carbocycles. The molecule has 0 saturated carbocycles. The second-order valence-electron chi connectivity index (χ2n) is 7.93. The Balaban J connectivity index is 1.61. The molecule has 0 aliphatic rings. The maximum atomic E-state index is 12.3. The summed E-state index contributed by atoms with van der Waals surface area (Å²) < 4.78 is 0. The van der Waals surface area contributed by atoms with E-state index in [4.69, 9.17) is 10.2 Å². The highest BCUT2D eigenvalue weighted by Gasteiger charge is 2.16. The zero-order chi connectivity index (χ0) is 23.3. The minimum Gasteiger partial charge on any atom is -0.368 e. The molecule has 1 unspecified atom stereocenters. The molecule has 2 amide bonds. The number of anilines is 2. The van der Waals surface area contributed by atoms with Gasteiger partial charge in [-0.1, -0.05) is 48.9 Å². The third-order valence-corrected chi connectivity index (χ3v) is 5.19. The summed E-state index contributed by atoms with van der Waals surface area (Å²) in [7, 11) is 0. The molecule has 7 nitrogen and oxygen atoms in total. The van der Waals surface area contributed by atoms with Crippen molar-refractivity contribution in [3.05, 3.63) is 77.5 Å². The highest BCUT2D eigenvalue weighted by atomic mass is 16.5. The molecule has 32 heavy (non-hydrogen) atoms. The summed E-state index contributed by atoms with van der Waals surface area (Å²) in [6.45, 7) is 5.54. The number of benzene rings is 2. The van der Waals surface area contributed by atoms with E-state index in [1.807, 2.05) is 50.2 Å². The van der Waals surface area contributed by atoms with Crippen LogP contribution >= 0.6 is 0 Å². The average Bonchev–Trinajstić information content (AvgIpc) is 2.76. The summed E-state index contributed by atoms with van der Waals surface area (Å²) in [5.41, 5.74) is 5.06. The quantitative estimate of drug-likeness (QED) is 0.323. The number of rotatable bonds is 7. The van der Waals surface area contributed by atoms with E-state index in [2.05, 4.69) is 15.6 Å². The predicted octanol–water partition coefficient (Wildman–Crippen LogP) is 4.53. The smallest absolute Gasteiger partial charge is 0.324 e. The lowest BCUT2D eigenvalue weighted by Gasteiger charge is -2.12. The van der Waals surface area contributed by atoms with Crippen molar-refractivity contribution < 1.29 is 19.8 Å². The molecule has 3 rings (SSSR count). The second kappa shape index (κ2) is 10.2. The van der Waals surface area contributed by atoms with E-state index in [-0.39, 0.29) is 18.2 Å². The maximum Gasteiger partial charge on any atom is 0.324 e. The zero-order valence-electron chi connectivity index (χ0n) is 18.3. The summed E-state index contributed by atoms with van der Waals surface area (Å²) in [6.07, 6.45) is 0.191. The molecule has 0 bridgehead atoms. The molecule has 1 aromatic heterocycles. The van der Waals surface area contributed by atoms with Crippen molar-refractivity contribution in [2.75, 3.05) is 10.6 Å². The topological polar surface area (TPSA) is 112 Å². The standard InChI is InChI=1S/C25H27N3O4/c1-15-4-10-21(16(2)12-15)27-25(32)28-23-11-9-20(14-26-23)18-5-7-19(8-6-18)22(29)13-17(3)24(30)31/h4-12,14,17,24,30-31H,13H2,1-3H3,(H2,26,27,28,32). The molecule has 7 heteroatoms. The third-order valence-electron chi connectivity index (χ3n) is 5.19. The summed E-state index contributed by atoms with van der Waals surface area (Å²) in [5.74, 6) is -0.262. The minimum absolute atomic E-state index is 0.0586. The number of Topliss-reactive ketones (excluding diaryl/α,β-unsaturated/α-hetero) is 1. The van der Waals surface area contributed by atoms with Crippen LogP contribution < -0.4 is 10.6 Å². The summed E-state index contributed by atoms with van der Waals surface area (Å²) in [4.78, 5) is 28.8. The predicted molar refractivity (Wildman–Crippen MR) is 125 cm³/mol. The molecule has 0 radical (unpaired) electrons. The largest absolute Gasteiger partial charge is 0.368 e. The van der Waals surface area contributed by atoms with Gasteiger partial charge in [0.15, 0.2) is 12.1 Å². The number of aryl methyl sites for hydroxylation is 2. The molecule has 0 saturated heterocycles. The van der Waals surface area contributed by atoms with Gasteiger partial charge < -0.3 is 15.5 Å². The number of aliphatic hydroxyl groups is 2. The van der Waals surface area contributed by atoms with Gasteiger partial charge in [0, 0.05) is 35.3 Å². The van der Waals surface area contributed by atoms with Crippen molar-refractivity contribution in [2.24, 2.45) is 5.92 Å². The van der Waals surface area contributed by atoms with Gasteiger partial charge >= 0.3 is 6.03 Å². The van der Waals surface area contributed by atoms with E-state index in [0.717, 1.165) is 27.9 Å². The van der Waals surface area contributed by atoms with Crippen LogP contribution in [0, 0.1) is 19.8 Å². The van der Waals surface area contributed by atoms with E-state index < -0.39 is 12.2 Å². The Hall–Kier alpha value is -3.55. The van der Waals surface area contributed by atoms with Crippen LogP contribution in [0.25, 0.3) is 11.1 Å². The van der Waals surface area contributed by atoms with Crippen molar-refractivity contribution in [2.45, 2.75) is 33.5 Å². The first-order chi connectivity index (χ1) is 15.2. The number of urea groups is 1. The molecular formula is C25H27N3O4. The highest BCUT2D eigenvalue weighted by Crippen LogP contribution is 2.22. The number of ketones is 1. The summed E-state index contributed by atoms with van der Waals surface area (Å²) in [5, 5.41) is 23.8. The van der Waals surface area contributed by atoms with Crippen molar-refractivity contribution in [3.63, 3.8) is 0 Å². The lowest BCUT2D eigenvalue weighted by atomic mass is 9.97. The average molecular weight is 434 g/mol. The van der Waals surface area contributed by atoms with Crippen LogP contribution in [0.2, 0.25) is 0 Å². The molecule has 0 fully saturated rings. The number of pyridine rings is 1. The molecule has 1 atom stereocenters. The SMILES string of the molecule is Cc1ccc(NC(=O)Nc2ccc(-c3ccc(C(=O)CC(C)C(O)O)cc3)cn2)c(C)c1. The number of hydrogen-bond donors (Lipinski definition) is 4. The fourth-order valence-electron chi connectivity index (χ4n) is 3.23. The maximum absolute atomic E-state index is 12.3. The molecule has 2 aromatic carbocycles. The molecule has 4 N–H and O–H groups in total. The Morgan fingerprint density at radius 3 is 2.22 bits per heavy atom. The fraction of sp³-hybridized carbons (Fsp3) is 0.240. The van der Waals surface area contributed by atoms with Crippen LogP contribution in [0.15, 0.2) is 60.8 Å². The first-order valence-corrected chi connectivity index (χ1v) is 10.3. The van der Waals surface area contributed by atoms with E-state index in [1.54, 1.807) is 31.3 Å². The van der Waals surface area contributed by atoms with Gasteiger partial charge in [0.05, 0.1) is 0 Å². The Kier molecular flexibility index (Phi) is 7.35. The lowest BCUT2D eigenvalue weighted by Crippen LogP contribution is -2.20. The van der Waals surface area contributed by atoms with Gasteiger partial charge in [-0.3, -0.25) is 10.1 Å². The first-order valence-electron chi connectivity index (χ1n) is 10.3. The Morgan fingerprint density at radius 1 is 0.938 bits per heavy atom. The van der Waals surface area contributed by atoms with E-state index in [0.29, 0.717) is 11.4 Å². The molecule has 166 valence electrons. The molecule has 0 spiro atoms. The number of amides is 2. The van der Waals surface area contributed by atoms with E-state index >= 15 is 0 Å².